The largest absolute Gasteiger partial charge is 0.337 e. The third kappa shape index (κ3) is 3.35. The number of nitrogens with zero attached hydrogens (tertiary/aromatic N) is 1. The molecule has 1 N–H and O–H groups in total. The van der Waals surface area contributed by atoms with Crippen molar-refractivity contribution in [3.63, 3.8) is 0 Å². The van der Waals surface area contributed by atoms with Gasteiger partial charge in [-0.15, -0.1) is 0 Å². The van der Waals surface area contributed by atoms with Crippen molar-refractivity contribution >= 4 is 5.91 Å². The number of amides is 1. The zero-order valence-electron chi connectivity index (χ0n) is 12.0. The summed E-state index contributed by atoms with van der Waals surface area (Å²) >= 11 is 0. The molecule has 0 aliphatic carbocycles. The average molecular weight is 260 g/mol. The van der Waals surface area contributed by atoms with Gasteiger partial charge in [-0.05, 0) is 37.9 Å². The number of fused-ring (bicyclic) bond motifs is 1. The molecule has 1 aromatic rings. The highest BCUT2D eigenvalue weighted by atomic mass is 16.2. The number of carbonyl (C=O) groups is 1. The van der Waals surface area contributed by atoms with Crippen molar-refractivity contribution in [2.45, 2.75) is 38.6 Å². The first kappa shape index (κ1) is 14.1. The van der Waals surface area contributed by atoms with Crippen molar-refractivity contribution in [3.05, 3.63) is 35.4 Å². The molecule has 104 valence electrons. The fourth-order valence-corrected chi connectivity index (χ4v) is 2.79. The third-order valence-electron chi connectivity index (χ3n) is 3.90. The lowest BCUT2D eigenvalue weighted by molar-refractivity contribution is 0.0743. The maximum Gasteiger partial charge on any atom is 0.254 e. The molecule has 1 amide bonds. The van der Waals surface area contributed by atoms with Crippen LogP contribution in [-0.2, 0) is 6.42 Å². The number of rotatable bonds is 5. The van der Waals surface area contributed by atoms with E-state index in [-0.39, 0.29) is 5.91 Å². The molecule has 19 heavy (non-hydrogen) atoms. The van der Waals surface area contributed by atoms with Crippen LogP contribution in [0.1, 0.15) is 42.1 Å². The van der Waals surface area contributed by atoms with E-state index >= 15 is 0 Å². The number of benzene rings is 1. The molecule has 1 aromatic carbocycles. The monoisotopic (exact) mass is 260 g/mol. The summed E-state index contributed by atoms with van der Waals surface area (Å²) in [4.78, 5) is 14.6. The van der Waals surface area contributed by atoms with Crippen molar-refractivity contribution in [1.82, 2.24) is 10.2 Å². The van der Waals surface area contributed by atoms with Gasteiger partial charge in [-0.25, -0.2) is 0 Å². The Morgan fingerprint density at radius 3 is 2.89 bits per heavy atom. The lowest BCUT2D eigenvalue weighted by atomic mass is 10.0. The normalized spacial score (nSPS) is 16.9. The second-order valence-electron chi connectivity index (χ2n) is 5.29. The fraction of sp³-hybridized carbons (Fsp3) is 0.562. The van der Waals surface area contributed by atoms with Crippen LogP contribution in [0.3, 0.4) is 0 Å². The topological polar surface area (TPSA) is 32.3 Å². The quantitative estimate of drug-likeness (QED) is 0.882. The number of hydrogen-bond acceptors (Lipinski definition) is 2. The summed E-state index contributed by atoms with van der Waals surface area (Å²) in [7, 11) is 1.98. The second-order valence-corrected chi connectivity index (χ2v) is 5.29. The summed E-state index contributed by atoms with van der Waals surface area (Å²) in [5, 5.41) is 3.32. The smallest absolute Gasteiger partial charge is 0.254 e. The van der Waals surface area contributed by atoms with Crippen LogP contribution in [-0.4, -0.2) is 37.0 Å². The van der Waals surface area contributed by atoms with E-state index in [4.69, 9.17) is 0 Å². The fourth-order valence-electron chi connectivity index (χ4n) is 2.79. The number of aryl methyl sites for hydroxylation is 1. The van der Waals surface area contributed by atoms with E-state index in [1.165, 1.54) is 5.56 Å². The number of hydrogen-bond donors (Lipinski definition) is 1. The van der Waals surface area contributed by atoms with E-state index in [2.05, 4.69) is 18.3 Å². The Hall–Kier alpha value is -1.35. The van der Waals surface area contributed by atoms with Gasteiger partial charge in [0.05, 0.1) is 0 Å². The van der Waals surface area contributed by atoms with Crippen molar-refractivity contribution in [3.8, 4) is 0 Å². The van der Waals surface area contributed by atoms with E-state index in [0.717, 1.165) is 44.3 Å². The first-order valence-corrected chi connectivity index (χ1v) is 7.30. The molecule has 0 spiro atoms. The highest BCUT2D eigenvalue weighted by Gasteiger charge is 2.23. The standard InChI is InChI=1S/C16H24N2O/c1-3-7-14(17-2)12-18-11-6-9-13-8-4-5-10-15(13)16(18)19/h4-5,8,10,14,17H,3,6-7,9,11-12H2,1-2H3. The van der Waals surface area contributed by atoms with Gasteiger partial charge in [0.15, 0.2) is 0 Å². The van der Waals surface area contributed by atoms with E-state index in [9.17, 15) is 4.79 Å². The molecule has 0 aromatic heterocycles. The minimum absolute atomic E-state index is 0.199. The molecule has 0 fully saturated rings. The lowest BCUT2D eigenvalue weighted by Crippen LogP contribution is -2.42. The molecule has 2 rings (SSSR count). The molecule has 3 heteroatoms. The van der Waals surface area contributed by atoms with Gasteiger partial charge in [-0.1, -0.05) is 31.5 Å². The van der Waals surface area contributed by atoms with E-state index in [0.29, 0.717) is 6.04 Å². The molecular formula is C16H24N2O. The Bertz CT molecular complexity index is 431. The predicted octanol–water partition coefficient (Wildman–Crippen LogP) is 2.46. The lowest BCUT2D eigenvalue weighted by Gasteiger charge is -2.26. The molecular weight excluding hydrogens is 236 g/mol. The van der Waals surface area contributed by atoms with Gasteiger partial charge >= 0.3 is 0 Å². The van der Waals surface area contributed by atoms with E-state index in [1.54, 1.807) is 0 Å². The van der Waals surface area contributed by atoms with E-state index < -0.39 is 0 Å². The summed E-state index contributed by atoms with van der Waals surface area (Å²) in [5.41, 5.74) is 2.10. The van der Waals surface area contributed by atoms with Crippen LogP contribution in [0.15, 0.2) is 24.3 Å². The van der Waals surface area contributed by atoms with Crippen molar-refractivity contribution < 1.29 is 4.79 Å². The van der Waals surface area contributed by atoms with Crippen LogP contribution in [0.4, 0.5) is 0 Å². The third-order valence-corrected chi connectivity index (χ3v) is 3.90. The van der Waals surface area contributed by atoms with Gasteiger partial charge in [0.1, 0.15) is 0 Å². The average Bonchev–Trinajstić information content (AvgIpc) is 2.59. The SMILES string of the molecule is CCCC(CN1CCCc2ccccc2C1=O)NC. The molecule has 1 heterocycles. The molecule has 3 nitrogen and oxygen atoms in total. The molecule has 0 radical (unpaired) electrons. The van der Waals surface area contributed by atoms with Crippen LogP contribution < -0.4 is 5.32 Å². The van der Waals surface area contributed by atoms with Crippen LogP contribution in [0, 0.1) is 0 Å². The first-order chi connectivity index (χ1) is 9.26. The Balaban J connectivity index is 2.12. The van der Waals surface area contributed by atoms with Gasteiger partial charge in [-0.2, -0.15) is 0 Å². The summed E-state index contributed by atoms with van der Waals surface area (Å²) in [6, 6.07) is 8.43. The molecule has 0 saturated carbocycles. The Labute approximate surface area is 116 Å². The first-order valence-electron chi connectivity index (χ1n) is 7.30. The van der Waals surface area contributed by atoms with Gasteiger partial charge in [0.25, 0.3) is 5.91 Å². The highest BCUT2D eigenvalue weighted by Crippen LogP contribution is 2.19. The molecule has 1 atom stereocenters. The van der Waals surface area contributed by atoms with Crippen molar-refractivity contribution in [1.29, 1.82) is 0 Å². The van der Waals surface area contributed by atoms with Crippen molar-refractivity contribution in [2.75, 3.05) is 20.1 Å². The minimum atomic E-state index is 0.199. The Morgan fingerprint density at radius 2 is 2.16 bits per heavy atom. The van der Waals surface area contributed by atoms with Crippen LogP contribution in [0.2, 0.25) is 0 Å². The Morgan fingerprint density at radius 1 is 1.37 bits per heavy atom. The second kappa shape index (κ2) is 6.71. The highest BCUT2D eigenvalue weighted by molar-refractivity contribution is 5.96. The number of nitrogens with one attached hydrogen (secondary N) is 1. The van der Waals surface area contributed by atoms with Gasteiger partial charge in [0.2, 0.25) is 0 Å². The maximum atomic E-state index is 12.6. The molecule has 1 aliphatic heterocycles. The Kier molecular flexibility index (Phi) is 4.97. The van der Waals surface area contributed by atoms with Gasteiger partial charge in [0, 0.05) is 24.7 Å². The number of carbonyl (C=O) groups excluding carboxylic acids is 1. The summed E-state index contributed by atoms with van der Waals surface area (Å²) in [5.74, 6) is 0.199. The van der Waals surface area contributed by atoms with Gasteiger partial charge in [-0.3, -0.25) is 4.79 Å². The summed E-state index contributed by atoms with van der Waals surface area (Å²) in [6.07, 6.45) is 4.33. The molecule has 1 aliphatic rings. The zero-order chi connectivity index (χ0) is 13.7. The zero-order valence-corrected chi connectivity index (χ0v) is 12.0. The molecule has 0 saturated heterocycles. The van der Waals surface area contributed by atoms with Gasteiger partial charge < -0.3 is 10.2 Å². The van der Waals surface area contributed by atoms with Crippen LogP contribution in [0.5, 0.6) is 0 Å². The van der Waals surface area contributed by atoms with E-state index in [1.807, 2.05) is 30.1 Å². The minimum Gasteiger partial charge on any atom is -0.337 e. The van der Waals surface area contributed by atoms with Crippen LogP contribution in [0.25, 0.3) is 0 Å². The molecule has 1 unspecified atom stereocenters. The molecule has 0 bridgehead atoms. The maximum absolute atomic E-state index is 12.6. The number of likely N-dealkylation sites (N-methyl/N-ethyl adjacent to an activating group) is 1. The summed E-state index contributed by atoms with van der Waals surface area (Å²) < 4.78 is 0. The summed E-state index contributed by atoms with van der Waals surface area (Å²) in [6.45, 7) is 3.87. The van der Waals surface area contributed by atoms with Crippen molar-refractivity contribution in [2.24, 2.45) is 0 Å². The van der Waals surface area contributed by atoms with Crippen LogP contribution >= 0.6 is 0 Å². The predicted molar refractivity (Wildman–Crippen MR) is 78.4 cm³/mol.